The lowest BCUT2D eigenvalue weighted by atomic mass is 10.0. The summed E-state index contributed by atoms with van der Waals surface area (Å²) in [5, 5.41) is 2.95. The quantitative estimate of drug-likeness (QED) is 0.818. The Hall–Kier alpha value is -0.850. The second-order valence-electron chi connectivity index (χ2n) is 5.68. The molecule has 1 aromatic rings. The number of nitrogens with one attached hydrogen (secondary N) is 2. The van der Waals surface area contributed by atoms with E-state index < -0.39 is 10.0 Å². The molecule has 0 amide bonds. The average Bonchev–Trinajstić information content (AvgIpc) is 2.77. The Kier molecular flexibility index (Phi) is 5.23. The zero-order chi connectivity index (χ0) is 14.6. The average molecular weight is 300 g/mol. The van der Waals surface area contributed by atoms with E-state index in [0.717, 1.165) is 25.7 Å². The smallest absolute Gasteiger partial charge is 0.274 e. The standard InChI is InChI=1S/C14H24N2O3S/c1-11-4-3-5-12(7-6-11)16-20(17,18)14-9-8-13(19-14)10-15-2/h8-9,11-12,15-16H,3-7,10H2,1-2H3. The van der Waals surface area contributed by atoms with Crippen LogP contribution in [0.2, 0.25) is 0 Å². The molecule has 1 aliphatic rings. The van der Waals surface area contributed by atoms with Crippen LogP contribution in [0.1, 0.15) is 44.8 Å². The first-order valence-electron chi connectivity index (χ1n) is 7.27. The first kappa shape index (κ1) is 15.5. The fraction of sp³-hybridized carbons (Fsp3) is 0.714. The molecule has 2 unspecified atom stereocenters. The van der Waals surface area contributed by atoms with Gasteiger partial charge in [-0.15, -0.1) is 0 Å². The van der Waals surface area contributed by atoms with Crippen LogP contribution >= 0.6 is 0 Å². The fourth-order valence-corrected chi connectivity index (χ4v) is 3.91. The molecule has 0 radical (unpaired) electrons. The molecule has 0 spiro atoms. The second kappa shape index (κ2) is 6.74. The molecule has 1 saturated carbocycles. The highest BCUT2D eigenvalue weighted by Crippen LogP contribution is 2.24. The third kappa shape index (κ3) is 4.07. The Morgan fingerprint density at radius 3 is 2.80 bits per heavy atom. The van der Waals surface area contributed by atoms with Crippen molar-refractivity contribution in [2.45, 2.75) is 56.7 Å². The van der Waals surface area contributed by atoms with Crippen LogP contribution in [0.15, 0.2) is 21.6 Å². The summed E-state index contributed by atoms with van der Waals surface area (Å²) in [7, 11) is -1.74. The van der Waals surface area contributed by atoms with E-state index >= 15 is 0 Å². The van der Waals surface area contributed by atoms with Crippen LogP contribution < -0.4 is 10.0 Å². The van der Waals surface area contributed by atoms with Gasteiger partial charge in [-0.2, -0.15) is 0 Å². The van der Waals surface area contributed by atoms with Gasteiger partial charge < -0.3 is 9.73 Å². The van der Waals surface area contributed by atoms with Crippen molar-refractivity contribution < 1.29 is 12.8 Å². The first-order valence-corrected chi connectivity index (χ1v) is 8.75. The third-order valence-electron chi connectivity index (χ3n) is 3.83. The Morgan fingerprint density at radius 2 is 2.05 bits per heavy atom. The molecule has 1 aliphatic carbocycles. The predicted molar refractivity (Wildman–Crippen MR) is 77.8 cm³/mol. The van der Waals surface area contributed by atoms with Crippen molar-refractivity contribution in [3.05, 3.63) is 17.9 Å². The minimum atomic E-state index is -3.54. The van der Waals surface area contributed by atoms with Crippen LogP contribution in [0.5, 0.6) is 0 Å². The normalized spacial score (nSPS) is 24.5. The van der Waals surface area contributed by atoms with Crippen molar-refractivity contribution in [2.75, 3.05) is 7.05 Å². The number of rotatable bonds is 5. The van der Waals surface area contributed by atoms with E-state index in [1.54, 1.807) is 13.1 Å². The molecule has 2 N–H and O–H groups in total. The Labute approximate surface area is 121 Å². The molecule has 0 aliphatic heterocycles. The summed E-state index contributed by atoms with van der Waals surface area (Å²) in [6.07, 6.45) is 5.16. The second-order valence-corrected chi connectivity index (χ2v) is 7.33. The van der Waals surface area contributed by atoms with Crippen molar-refractivity contribution >= 4 is 10.0 Å². The monoisotopic (exact) mass is 300 g/mol. The Morgan fingerprint density at radius 1 is 1.25 bits per heavy atom. The van der Waals surface area contributed by atoms with Crippen LogP contribution in [0.4, 0.5) is 0 Å². The fourth-order valence-electron chi connectivity index (χ4n) is 2.65. The molecule has 0 aromatic carbocycles. The summed E-state index contributed by atoms with van der Waals surface area (Å²) in [5.41, 5.74) is 0. The molecular formula is C14H24N2O3S. The molecule has 2 rings (SSSR count). The molecule has 114 valence electrons. The van der Waals surface area contributed by atoms with Gasteiger partial charge in [-0.3, -0.25) is 0 Å². The minimum Gasteiger partial charge on any atom is -0.447 e. The van der Waals surface area contributed by atoms with E-state index in [4.69, 9.17) is 4.42 Å². The van der Waals surface area contributed by atoms with Gasteiger partial charge in [0, 0.05) is 6.04 Å². The zero-order valence-corrected chi connectivity index (χ0v) is 13.0. The SMILES string of the molecule is CNCc1ccc(S(=O)(=O)NC2CCCC(C)CC2)o1. The van der Waals surface area contributed by atoms with Gasteiger partial charge in [0.15, 0.2) is 0 Å². The summed E-state index contributed by atoms with van der Waals surface area (Å²) < 4.78 is 32.7. The summed E-state index contributed by atoms with van der Waals surface area (Å²) in [6, 6.07) is 3.25. The van der Waals surface area contributed by atoms with Crippen LogP contribution in [0.3, 0.4) is 0 Å². The maximum absolute atomic E-state index is 12.3. The number of sulfonamides is 1. The summed E-state index contributed by atoms with van der Waals surface area (Å²) in [6.45, 7) is 2.75. The molecule has 2 atom stereocenters. The van der Waals surface area contributed by atoms with Crippen molar-refractivity contribution in [1.82, 2.24) is 10.0 Å². The van der Waals surface area contributed by atoms with Gasteiger partial charge in [-0.1, -0.05) is 19.8 Å². The van der Waals surface area contributed by atoms with E-state index in [-0.39, 0.29) is 11.1 Å². The lowest BCUT2D eigenvalue weighted by Crippen LogP contribution is -2.34. The largest absolute Gasteiger partial charge is 0.447 e. The van der Waals surface area contributed by atoms with Gasteiger partial charge in [-0.05, 0) is 44.4 Å². The van der Waals surface area contributed by atoms with Crippen molar-refractivity contribution in [3.8, 4) is 0 Å². The molecule has 20 heavy (non-hydrogen) atoms. The molecule has 0 saturated heterocycles. The molecular weight excluding hydrogens is 276 g/mol. The van der Waals surface area contributed by atoms with E-state index in [1.165, 1.54) is 12.5 Å². The van der Waals surface area contributed by atoms with Crippen LogP contribution in [-0.2, 0) is 16.6 Å². The molecule has 0 bridgehead atoms. The molecule has 1 heterocycles. The number of furan rings is 1. The lowest BCUT2D eigenvalue weighted by Gasteiger charge is -2.15. The van der Waals surface area contributed by atoms with Gasteiger partial charge in [-0.25, -0.2) is 13.1 Å². The molecule has 6 heteroatoms. The highest BCUT2D eigenvalue weighted by Gasteiger charge is 2.25. The lowest BCUT2D eigenvalue weighted by molar-refractivity contribution is 0.399. The van der Waals surface area contributed by atoms with Gasteiger partial charge >= 0.3 is 0 Å². The van der Waals surface area contributed by atoms with Gasteiger partial charge in [0.2, 0.25) is 5.09 Å². The van der Waals surface area contributed by atoms with E-state index in [1.807, 2.05) is 0 Å². The minimum absolute atomic E-state index is 0.0139. The highest BCUT2D eigenvalue weighted by molar-refractivity contribution is 7.89. The topological polar surface area (TPSA) is 71.3 Å². The summed E-state index contributed by atoms with van der Waals surface area (Å²) in [5.74, 6) is 1.32. The van der Waals surface area contributed by atoms with Crippen LogP contribution in [0, 0.1) is 5.92 Å². The van der Waals surface area contributed by atoms with Crippen molar-refractivity contribution in [2.24, 2.45) is 5.92 Å². The van der Waals surface area contributed by atoms with E-state index in [9.17, 15) is 8.42 Å². The van der Waals surface area contributed by atoms with E-state index in [2.05, 4.69) is 17.0 Å². The van der Waals surface area contributed by atoms with Crippen LogP contribution in [-0.4, -0.2) is 21.5 Å². The van der Waals surface area contributed by atoms with Crippen molar-refractivity contribution in [3.63, 3.8) is 0 Å². The number of hydrogen-bond donors (Lipinski definition) is 2. The van der Waals surface area contributed by atoms with Crippen molar-refractivity contribution in [1.29, 1.82) is 0 Å². The molecule has 1 fully saturated rings. The maximum atomic E-state index is 12.3. The summed E-state index contributed by atoms with van der Waals surface area (Å²) in [4.78, 5) is 0. The zero-order valence-electron chi connectivity index (χ0n) is 12.2. The van der Waals surface area contributed by atoms with Crippen LogP contribution in [0.25, 0.3) is 0 Å². The third-order valence-corrected chi connectivity index (χ3v) is 5.22. The predicted octanol–water partition coefficient (Wildman–Crippen LogP) is 2.25. The Bertz CT molecular complexity index is 524. The first-order chi connectivity index (χ1) is 9.51. The highest BCUT2D eigenvalue weighted by atomic mass is 32.2. The maximum Gasteiger partial charge on any atom is 0.274 e. The van der Waals surface area contributed by atoms with E-state index in [0.29, 0.717) is 18.2 Å². The summed E-state index contributed by atoms with van der Waals surface area (Å²) >= 11 is 0. The Balaban J connectivity index is 2.02. The van der Waals surface area contributed by atoms with Gasteiger partial charge in [0.05, 0.1) is 6.54 Å². The number of hydrogen-bond acceptors (Lipinski definition) is 4. The molecule has 5 nitrogen and oxygen atoms in total. The van der Waals surface area contributed by atoms with Gasteiger partial charge in [0.25, 0.3) is 10.0 Å². The molecule has 1 aromatic heterocycles. The van der Waals surface area contributed by atoms with Gasteiger partial charge in [0.1, 0.15) is 5.76 Å².